The highest BCUT2D eigenvalue weighted by molar-refractivity contribution is 7.57. The molecule has 0 bridgehead atoms. The Balaban J connectivity index is 2.11. The molecule has 0 heterocycles. The van der Waals surface area contributed by atoms with Crippen LogP contribution in [0.4, 0.5) is 0 Å². The highest BCUT2D eigenvalue weighted by Gasteiger charge is 2.44. The number of phosphoric ester groups is 1. The molecule has 0 amide bonds. The van der Waals surface area contributed by atoms with Gasteiger partial charge in [0.1, 0.15) is 18.1 Å². The van der Waals surface area contributed by atoms with Gasteiger partial charge in [0, 0.05) is 8.88 Å². The van der Waals surface area contributed by atoms with Crippen molar-refractivity contribution in [3.8, 4) is 11.5 Å². The van der Waals surface area contributed by atoms with Crippen LogP contribution in [0.15, 0.2) is 60.7 Å². The quantitative estimate of drug-likeness (QED) is 0.393. The molecule has 0 saturated heterocycles. The first kappa shape index (κ1) is 18.6. The molecule has 0 saturated carbocycles. The second-order valence-corrected chi connectivity index (χ2v) is 7.37. The van der Waals surface area contributed by atoms with Gasteiger partial charge in [-0.2, -0.15) is 0 Å². The SMILES string of the molecule is CCCCO[P+](=O)OP(=O)(Oc1ccccc1)Oc1ccccc1. The first-order valence-corrected chi connectivity index (χ1v) is 10.1. The summed E-state index contributed by atoms with van der Waals surface area (Å²) >= 11 is 0. The number of phosphoric acid groups is 1. The minimum absolute atomic E-state index is 0.238. The van der Waals surface area contributed by atoms with Crippen LogP contribution in [0.25, 0.3) is 0 Å². The minimum atomic E-state index is -4.18. The summed E-state index contributed by atoms with van der Waals surface area (Å²) in [5.41, 5.74) is 0. The number of unbranched alkanes of at least 4 members (excludes halogenated alkanes) is 1. The molecule has 0 radical (unpaired) electrons. The molecule has 0 N–H and O–H groups in total. The number of hydrogen-bond donors (Lipinski definition) is 0. The zero-order chi connectivity index (χ0) is 17.3. The van der Waals surface area contributed by atoms with E-state index in [4.69, 9.17) is 17.9 Å². The van der Waals surface area contributed by atoms with Gasteiger partial charge in [-0.15, -0.1) is 4.52 Å². The lowest BCUT2D eigenvalue weighted by Crippen LogP contribution is -2.02. The maximum Gasteiger partial charge on any atom is 0.710 e. The minimum Gasteiger partial charge on any atom is -0.393 e. The summed E-state index contributed by atoms with van der Waals surface area (Å²) < 4.78 is 45.4. The second kappa shape index (κ2) is 9.55. The van der Waals surface area contributed by atoms with E-state index >= 15 is 0 Å². The Morgan fingerprint density at radius 2 is 1.42 bits per heavy atom. The van der Waals surface area contributed by atoms with Crippen molar-refractivity contribution in [3.05, 3.63) is 60.7 Å². The topological polar surface area (TPSA) is 71.1 Å². The fourth-order valence-electron chi connectivity index (χ4n) is 1.66. The fourth-order valence-corrected chi connectivity index (χ4v) is 3.85. The van der Waals surface area contributed by atoms with E-state index in [2.05, 4.69) is 0 Å². The molecule has 0 aliphatic heterocycles. The molecular formula is C16H19O6P2+. The van der Waals surface area contributed by atoms with Crippen molar-refractivity contribution in [1.82, 2.24) is 0 Å². The van der Waals surface area contributed by atoms with Crippen molar-refractivity contribution in [2.24, 2.45) is 0 Å². The van der Waals surface area contributed by atoms with E-state index in [1.54, 1.807) is 60.7 Å². The molecule has 0 fully saturated rings. The molecule has 24 heavy (non-hydrogen) atoms. The number of para-hydroxylation sites is 2. The van der Waals surface area contributed by atoms with Gasteiger partial charge in [-0.05, 0) is 30.7 Å². The summed E-state index contributed by atoms with van der Waals surface area (Å²) in [6.07, 6.45) is 1.59. The Morgan fingerprint density at radius 3 is 1.88 bits per heavy atom. The average molecular weight is 369 g/mol. The summed E-state index contributed by atoms with van der Waals surface area (Å²) in [4.78, 5) is 0. The Morgan fingerprint density at radius 1 is 0.917 bits per heavy atom. The summed E-state index contributed by atoms with van der Waals surface area (Å²) in [6, 6.07) is 16.8. The molecule has 0 aromatic heterocycles. The van der Waals surface area contributed by atoms with E-state index in [0.717, 1.165) is 6.42 Å². The van der Waals surface area contributed by atoms with Gasteiger partial charge in [-0.1, -0.05) is 49.7 Å². The van der Waals surface area contributed by atoms with Gasteiger partial charge >= 0.3 is 16.1 Å². The number of rotatable bonds is 10. The van der Waals surface area contributed by atoms with Crippen molar-refractivity contribution in [2.45, 2.75) is 19.8 Å². The van der Waals surface area contributed by atoms with Gasteiger partial charge in [0.2, 0.25) is 0 Å². The maximum absolute atomic E-state index is 12.9. The van der Waals surface area contributed by atoms with E-state index in [9.17, 15) is 9.13 Å². The van der Waals surface area contributed by atoms with Gasteiger partial charge in [-0.25, -0.2) is 4.57 Å². The average Bonchev–Trinajstić information content (AvgIpc) is 2.56. The summed E-state index contributed by atoms with van der Waals surface area (Å²) in [5, 5.41) is 0. The lowest BCUT2D eigenvalue weighted by Gasteiger charge is -2.13. The van der Waals surface area contributed by atoms with Crippen LogP contribution >= 0.6 is 16.1 Å². The van der Waals surface area contributed by atoms with Crippen molar-refractivity contribution >= 4 is 16.1 Å². The van der Waals surface area contributed by atoms with Crippen molar-refractivity contribution in [1.29, 1.82) is 0 Å². The molecule has 1 unspecified atom stereocenters. The Hall–Kier alpha value is -1.71. The van der Waals surface area contributed by atoms with Gasteiger partial charge in [0.15, 0.2) is 0 Å². The van der Waals surface area contributed by atoms with Gasteiger partial charge in [0.05, 0.1) is 0 Å². The van der Waals surface area contributed by atoms with Crippen LogP contribution in [0.5, 0.6) is 11.5 Å². The van der Waals surface area contributed by atoms with Crippen LogP contribution in [-0.2, 0) is 18.0 Å². The fraction of sp³-hybridized carbons (Fsp3) is 0.250. The van der Waals surface area contributed by atoms with Crippen LogP contribution in [0.3, 0.4) is 0 Å². The zero-order valence-electron chi connectivity index (χ0n) is 13.2. The molecule has 0 aliphatic carbocycles. The van der Waals surface area contributed by atoms with E-state index in [1.165, 1.54) is 0 Å². The lowest BCUT2D eigenvalue weighted by atomic mass is 10.3. The van der Waals surface area contributed by atoms with Crippen LogP contribution in [-0.4, -0.2) is 6.61 Å². The zero-order valence-corrected chi connectivity index (χ0v) is 15.0. The molecule has 2 aromatic rings. The molecule has 1 atom stereocenters. The number of hydrogen-bond acceptors (Lipinski definition) is 6. The molecular weight excluding hydrogens is 350 g/mol. The Bertz CT molecular complexity index is 632. The second-order valence-electron chi connectivity index (χ2n) is 4.75. The summed E-state index contributed by atoms with van der Waals surface area (Å²) in [7, 11) is -6.81. The smallest absolute Gasteiger partial charge is 0.393 e. The molecule has 2 aromatic carbocycles. The van der Waals surface area contributed by atoms with E-state index < -0.39 is 16.1 Å². The monoisotopic (exact) mass is 369 g/mol. The van der Waals surface area contributed by atoms with E-state index in [-0.39, 0.29) is 18.1 Å². The first-order chi connectivity index (χ1) is 11.6. The Kier molecular flexibility index (Phi) is 7.41. The van der Waals surface area contributed by atoms with Crippen molar-refractivity contribution < 1.29 is 27.0 Å². The summed E-state index contributed by atoms with van der Waals surface area (Å²) in [6.45, 7) is 2.21. The molecule has 0 aliphatic rings. The molecule has 6 nitrogen and oxygen atoms in total. The van der Waals surface area contributed by atoms with Crippen molar-refractivity contribution in [2.75, 3.05) is 6.61 Å². The summed E-state index contributed by atoms with van der Waals surface area (Å²) in [5.74, 6) is 0.544. The van der Waals surface area contributed by atoms with Crippen LogP contribution in [0.2, 0.25) is 0 Å². The maximum atomic E-state index is 12.9. The molecule has 8 heteroatoms. The Labute approximate surface area is 142 Å². The highest BCUT2D eigenvalue weighted by atomic mass is 31.2. The lowest BCUT2D eigenvalue weighted by molar-refractivity contribution is 0.246. The van der Waals surface area contributed by atoms with Gasteiger partial charge < -0.3 is 9.05 Å². The first-order valence-electron chi connectivity index (χ1n) is 7.50. The van der Waals surface area contributed by atoms with Gasteiger partial charge in [-0.3, -0.25) is 0 Å². The van der Waals surface area contributed by atoms with Gasteiger partial charge in [0.25, 0.3) is 0 Å². The molecule has 2 rings (SSSR count). The third-order valence-corrected chi connectivity index (χ3v) is 5.38. The molecule has 0 spiro atoms. The van der Waals surface area contributed by atoms with E-state index in [0.29, 0.717) is 6.42 Å². The standard InChI is InChI=1S/C16H19O6P2/c1-2-3-14-19-23(17)22-24(18,20-15-10-6-4-7-11-15)21-16-12-8-5-9-13-16/h4-13H,2-3,14H2,1H3/q+1. The largest absolute Gasteiger partial charge is 0.710 e. The predicted octanol–water partition coefficient (Wildman–Crippen LogP) is 5.74. The third kappa shape index (κ3) is 6.42. The normalized spacial score (nSPS) is 11.8. The highest BCUT2D eigenvalue weighted by Crippen LogP contribution is 2.56. The van der Waals surface area contributed by atoms with Crippen molar-refractivity contribution in [3.63, 3.8) is 0 Å². The van der Waals surface area contributed by atoms with Crippen LogP contribution in [0, 0.1) is 0 Å². The molecule has 128 valence electrons. The third-order valence-electron chi connectivity index (χ3n) is 2.78. The number of benzene rings is 2. The van der Waals surface area contributed by atoms with Crippen LogP contribution in [0.1, 0.15) is 19.8 Å². The van der Waals surface area contributed by atoms with Crippen LogP contribution < -0.4 is 9.05 Å². The predicted molar refractivity (Wildman–Crippen MR) is 91.3 cm³/mol. The van der Waals surface area contributed by atoms with E-state index in [1.807, 2.05) is 6.92 Å².